The van der Waals surface area contributed by atoms with Gasteiger partial charge in [-0.15, -0.1) is 10.2 Å². The SMILES string of the molecule is CC(c1ccccc1)n1c(SC(F)C(=O)Nc2ccccc2)nnc1-c1ccsc1. The van der Waals surface area contributed by atoms with Gasteiger partial charge in [-0.1, -0.05) is 48.5 Å². The van der Waals surface area contributed by atoms with Crippen molar-refractivity contribution >= 4 is 34.7 Å². The van der Waals surface area contributed by atoms with Crippen LogP contribution < -0.4 is 5.32 Å². The quantitative estimate of drug-likeness (QED) is 0.379. The number of hydrogen-bond acceptors (Lipinski definition) is 5. The molecule has 0 bridgehead atoms. The number of para-hydroxylation sites is 1. The summed E-state index contributed by atoms with van der Waals surface area (Å²) in [5.74, 6) is -0.0871. The first-order chi connectivity index (χ1) is 14.6. The number of carbonyl (C=O) groups is 1. The summed E-state index contributed by atoms with van der Waals surface area (Å²) in [6.07, 6.45) is 0. The molecule has 152 valence electrons. The number of nitrogens with zero attached hydrogens (tertiary/aromatic N) is 3. The summed E-state index contributed by atoms with van der Waals surface area (Å²) in [4.78, 5) is 12.3. The number of halogens is 1. The van der Waals surface area contributed by atoms with Gasteiger partial charge < -0.3 is 5.32 Å². The van der Waals surface area contributed by atoms with Crippen molar-refractivity contribution in [1.29, 1.82) is 0 Å². The third-order valence-corrected chi connectivity index (χ3v) is 6.16. The molecule has 0 aliphatic heterocycles. The van der Waals surface area contributed by atoms with Crippen LogP contribution in [0.1, 0.15) is 18.5 Å². The van der Waals surface area contributed by atoms with Crippen LogP contribution in [0.3, 0.4) is 0 Å². The van der Waals surface area contributed by atoms with Crippen molar-refractivity contribution in [1.82, 2.24) is 14.8 Å². The van der Waals surface area contributed by atoms with Crippen molar-refractivity contribution in [3.63, 3.8) is 0 Å². The first kappa shape index (κ1) is 20.3. The van der Waals surface area contributed by atoms with Crippen molar-refractivity contribution in [2.45, 2.75) is 23.6 Å². The highest BCUT2D eigenvalue weighted by Crippen LogP contribution is 2.34. The Bertz CT molecular complexity index is 1100. The maximum atomic E-state index is 14.8. The minimum Gasteiger partial charge on any atom is -0.323 e. The fourth-order valence-corrected chi connectivity index (χ4v) is 4.47. The van der Waals surface area contributed by atoms with Gasteiger partial charge in [-0.05, 0) is 47.8 Å². The number of anilines is 1. The predicted octanol–water partition coefficient (Wildman–Crippen LogP) is 5.64. The van der Waals surface area contributed by atoms with E-state index in [4.69, 9.17) is 0 Å². The Kier molecular flexibility index (Phi) is 6.25. The maximum absolute atomic E-state index is 14.8. The molecule has 8 heteroatoms. The second-order valence-electron chi connectivity index (χ2n) is 6.56. The van der Waals surface area contributed by atoms with Crippen LogP contribution in [-0.2, 0) is 4.79 Å². The van der Waals surface area contributed by atoms with Crippen molar-refractivity contribution in [3.05, 3.63) is 83.1 Å². The highest BCUT2D eigenvalue weighted by Gasteiger charge is 2.26. The van der Waals surface area contributed by atoms with Gasteiger partial charge in [0.2, 0.25) is 5.50 Å². The normalized spacial score (nSPS) is 13.0. The molecule has 0 spiro atoms. The van der Waals surface area contributed by atoms with E-state index in [1.807, 2.05) is 64.7 Å². The lowest BCUT2D eigenvalue weighted by Gasteiger charge is -2.19. The first-order valence-electron chi connectivity index (χ1n) is 9.32. The summed E-state index contributed by atoms with van der Waals surface area (Å²) in [6, 6.07) is 20.5. The minimum absolute atomic E-state index is 0.136. The monoisotopic (exact) mass is 438 g/mol. The zero-order valence-corrected chi connectivity index (χ0v) is 17.7. The van der Waals surface area contributed by atoms with E-state index in [1.54, 1.807) is 35.6 Å². The fraction of sp³-hybridized carbons (Fsp3) is 0.136. The summed E-state index contributed by atoms with van der Waals surface area (Å²) in [6.45, 7) is 2.01. The Balaban J connectivity index is 1.62. The Morgan fingerprint density at radius 2 is 1.77 bits per heavy atom. The van der Waals surface area contributed by atoms with Crippen molar-refractivity contribution in [3.8, 4) is 11.4 Å². The number of benzene rings is 2. The molecule has 30 heavy (non-hydrogen) atoms. The maximum Gasteiger partial charge on any atom is 0.269 e. The lowest BCUT2D eigenvalue weighted by Crippen LogP contribution is -2.22. The third kappa shape index (κ3) is 4.44. The van der Waals surface area contributed by atoms with Crippen LogP contribution in [0.25, 0.3) is 11.4 Å². The fourth-order valence-electron chi connectivity index (χ4n) is 3.04. The molecule has 1 N–H and O–H groups in total. The average molecular weight is 439 g/mol. The Morgan fingerprint density at radius 1 is 1.07 bits per heavy atom. The van der Waals surface area contributed by atoms with Gasteiger partial charge in [0.15, 0.2) is 11.0 Å². The van der Waals surface area contributed by atoms with Crippen molar-refractivity contribution in [2.24, 2.45) is 0 Å². The number of carbonyl (C=O) groups excluding carboxylic acids is 1. The highest BCUT2D eigenvalue weighted by molar-refractivity contribution is 8.00. The van der Waals surface area contributed by atoms with Crippen molar-refractivity contribution in [2.75, 3.05) is 5.32 Å². The topological polar surface area (TPSA) is 59.8 Å². The van der Waals surface area contributed by atoms with Gasteiger partial charge >= 0.3 is 0 Å². The average Bonchev–Trinajstić information content (AvgIpc) is 3.44. The molecule has 4 aromatic rings. The molecule has 0 saturated heterocycles. The molecule has 2 unspecified atom stereocenters. The van der Waals surface area contributed by atoms with E-state index in [0.717, 1.165) is 22.9 Å². The summed E-state index contributed by atoms with van der Waals surface area (Å²) < 4.78 is 16.7. The van der Waals surface area contributed by atoms with E-state index in [-0.39, 0.29) is 6.04 Å². The number of thiophene rings is 1. The first-order valence-corrected chi connectivity index (χ1v) is 11.1. The molecule has 0 fully saturated rings. The zero-order chi connectivity index (χ0) is 20.9. The summed E-state index contributed by atoms with van der Waals surface area (Å²) in [7, 11) is 0. The molecular formula is C22H19FN4OS2. The molecule has 5 nitrogen and oxygen atoms in total. The predicted molar refractivity (Wildman–Crippen MR) is 119 cm³/mol. The van der Waals surface area contributed by atoms with E-state index in [1.165, 1.54) is 0 Å². The number of nitrogens with one attached hydrogen (secondary N) is 1. The van der Waals surface area contributed by atoms with Crippen LogP contribution in [0, 0.1) is 0 Å². The van der Waals surface area contributed by atoms with Crippen LogP contribution in [0.5, 0.6) is 0 Å². The molecule has 2 atom stereocenters. The van der Waals surface area contributed by atoms with Crippen LogP contribution >= 0.6 is 23.1 Å². The van der Waals surface area contributed by atoms with Crippen molar-refractivity contribution < 1.29 is 9.18 Å². The summed E-state index contributed by atoms with van der Waals surface area (Å²) >= 11 is 2.31. The molecule has 2 aromatic carbocycles. The molecule has 0 aliphatic rings. The lowest BCUT2D eigenvalue weighted by molar-refractivity contribution is -0.118. The van der Waals surface area contributed by atoms with Crippen LogP contribution in [0.2, 0.25) is 0 Å². The summed E-state index contributed by atoms with van der Waals surface area (Å²) in [5, 5.41) is 15.4. The van der Waals surface area contributed by atoms with E-state index in [0.29, 0.717) is 16.7 Å². The van der Waals surface area contributed by atoms with Gasteiger partial charge in [0.1, 0.15) is 0 Å². The van der Waals surface area contributed by atoms with Gasteiger partial charge in [-0.2, -0.15) is 11.3 Å². The molecule has 2 heterocycles. The number of aromatic nitrogens is 3. The number of amides is 1. The number of hydrogen-bond donors (Lipinski definition) is 1. The Hall–Kier alpha value is -2.97. The Morgan fingerprint density at radius 3 is 2.43 bits per heavy atom. The third-order valence-electron chi connectivity index (χ3n) is 4.57. The Labute approximate surface area is 182 Å². The van der Waals surface area contributed by atoms with Crippen LogP contribution in [0.4, 0.5) is 10.1 Å². The molecule has 0 aliphatic carbocycles. The van der Waals surface area contributed by atoms with Gasteiger partial charge in [0, 0.05) is 16.6 Å². The van der Waals surface area contributed by atoms with E-state index >= 15 is 0 Å². The molecule has 0 saturated carbocycles. The van der Waals surface area contributed by atoms with Gasteiger partial charge in [-0.25, -0.2) is 4.39 Å². The molecular weight excluding hydrogens is 419 g/mol. The second kappa shape index (κ2) is 9.23. The lowest BCUT2D eigenvalue weighted by atomic mass is 10.1. The molecule has 0 radical (unpaired) electrons. The standard InChI is InChI=1S/C22H19FN4OS2/c1-15(16-8-4-2-5-9-16)27-20(17-12-13-29-14-17)25-26-22(27)30-19(23)21(28)24-18-10-6-3-7-11-18/h2-15,19H,1H3,(H,24,28). The van der Waals surface area contributed by atoms with E-state index < -0.39 is 11.4 Å². The zero-order valence-electron chi connectivity index (χ0n) is 16.1. The number of rotatable bonds is 7. The summed E-state index contributed by atoms with van der Waals surface area (Å²) in [5.41, 5.74) is 0.668. The van der Waals surface area contributed by atoms with Gasteiger partial charge in [-0.3, -0.25) is 9.36 Å². The smallest absolute Gasteiger partial charge is 0.269 e. The van der Waals surface area contributed by atoms with Gasteiger partial charge in [0.25, 0.3) is 5.91 Å². The van der Waals surface area contributed by atoms with Crippen LogP contribution in [0.15, 0.2) is 82.6 Å². The van der Waals surface area contributed by atoms with E-state index in [9.17, 15) is 9.18 Å². The molecule has 1 amide bonds. The van der Waals surface area contributed by atoms with Gasteiger partial charge in [0.05, 0.1) is 6.04 Å². The van der Waals surface area contributed by atoms with E-state index in [2.05, 4.69) is 15.5 Å². The molecule has 2 aromatic heterocycles. The number of alkyl halides is 1. The molecule has 4 rings (SSSR count). The minimum atomic E-state index is -1.83. The second-order valence-corrected chi connectivity index (χ2v) is 8.36. The number of thioether (sulfide) groups is 1. The van der Waals surface area contributed by atoms with Crippen LogP contribution in [-0.4, -0.2) is 26.2 Å². The largest absolute Gasteiger partial charge is 0.323 e. The highest BCUT2D eigenvalue weighted by atomic mass is 32.2.